The molecule has 1 rings (SSSR count). The van der Waals surface area contributed by atoms with Crippen molar-refractivity contribution in [2.45, 2.75) is 46.7 Å². The van der Waals surface area contributed by atoms with Crippen LogP contribution in [0.4, 0.5) is 0 Å². The summed E-state index contributed by atoms with van der Waals surface area (Å²) >= 11 is 0. The van der Waals surface area contributed by atoms with Crippen LogP contribution in [0.1, 0.15) is 32.2 Å². The number of carbonyl (C=O) groups excluding carboxylic acids is 1. The van der Waals surface area contributed by atoms with Crippen molar-refractivity contribution in [3.05, 3.63) is 17.7 Å². The van der Waals surface area contributed by atoms with Crippen molar-refractivity contribution in [2.75, 3.05) is 13.2 Å². The van der Waals surface area contributed by atoms with Crippen LogP contribution in [-0.2, 0) is 16.1 Å². The van der Waals surface area contributed by atoms with Gasteiger partial charge in [0.05, 0.1) is 25.2 Å². The number of ether oxygens (including phenoxy) is 1. The van der Waals surface area contributed by atoms with Crippen molar-refractivity contribution in [3.8, 4) is 0 Å². The normalized spacial score (nSPS) is 14.3. The lowest BCUT2D eigenvalue weighted by molar-refractivity contribution is -0.151. The number of carbonyl (C=O) groups is 1. The SMILES string of the molecule is CCNC(C)(Cn1cnc(C)c1C)C(=O)OCC. The Bertz CT molecular complexity index is 414. The van der Waals surface area contributed by atoms with E-state index >= 15 is 0 Å². The maximum absolute atomic E-state index is 12.1. The Kier molecular flexibility index (Phi) is 4.90. The van der Waals surface area contributed by atoms with Crippen LogP contribution in [0.25, 0.3) is 0 Å². The van der Waals surface area contributed by atoms with E-state index in [9.17, 15) is 4.79 Å². The van der Waals surface area contributed by atoms with Gasteiger partial charge in [0.1, 0.15) is 5.54 Å². The lowest BCUT2D eigenvalue weighted by Crippen LogP contribution is -2.53. The van der Waals surface area contributed by atoms with Crippen molar-refractivity contribution >= 4 is 5.97 Å². The second-order valence-corrected chi connectivity index (χ2v) is 4.63. The topological polar surface area (TPSA) is 56.2 Å². The molecule has 0 spiro atoms. The highest BCUT2D eigenvalue weighted by atomic mass is 16.5. The van der Waals surface area contributed by atoms with Crippen molar-refractivity contribution in [3.63, 3.8) is 0 Å². The van der Waals surface area contributed by atoms with Crippen molar-refractivity contribution in [2.24, 2.45) is 0 Å². The van der Waals surface area contributed by atoms with E-state index in [-0.39, 0.29) is 5.97 Å². The Balaban J connectivity index is 2.92. The largest absolute Gasteiger partial charge is 0.465 e. The maximum Gasteiger partial charge on any atom is 0.327 e. The minimum Gasteiger partial charge on any atom is -0.465 e. The molecule has 0 radical (unpaired) electrons. The van der Waals surface area contributed by atoms with E-state index in [1.165, 1.54) is 0 Å². The number of likely N-dealkylation sites (N-methyl/N-ethyl adjacent to an activating group) is 1. The molecule has 0 saturated carbocycles. The molecule has 1 heterocycles. The molecule has 1 N–H and O–H groups in total. The monoisotopic (exact) mass is 253 g/mol. The zero-order valence-corrected chi connectivity index (χ0v) is 11.9. The van der Waals surface area contributed by atoms with Crippen LogP contribution in [-0.4, -0.2) is 34.2 Å². The van der Waals surface area contributed by atoms with E-state index in [2.05, 4.69) is 10.3 Å². The fourth-order valence-corrected chi connectivity index (χ4v) is 1.92. The molecular formula is C13H23N3O2. The van der Waals surface area contributed by atoms with Crippen LogP contribution in [0.3, 0.4) is 0 Å². The summed E-state index contributed by atoms with van der Waals surface area (Å²) in [5.41, 5.74) is 1.34. The fourth-order valence-electron chi connectivity index (χ4n) is 1.92. The molecule has 1 aromatic rings. The lowest BCUT2D eigenvalue weighted by Gasteiger charge is -2.28. The standard InChI is InChI=1S/C13H23N3O2/c1-6-15-13(5,12(17)18-7-2)8-16-9-14-10(3)11(16)4/h9,15H,6-8H2,1-5H3. The molecule has 0 saturated heterocycles. The Morgan fingerprint density at radius 1 is 1.50 bits per heavy atom. The Hall–Kier alpha value is -1.36. The summed E-state index contributed by atoms with van der Waals surface area (Å²) in [6, 6.07) is 0. The Morgan fingerprint density at radius 3 is 2.61 bits per heavy atom. The minimum absolute atomic E-state index is 0.224. The third kappa shape index (κ3) is 3.10. The first kappa shape index (κ1) is 14.7. The first-order valence-corrected chi connectivity index (χ1v) is 6.35. The highest BCUT2D eigenvalue weighted by Crippen LogP contribution is 2.14. The van der Waals surface area contributed by atoms with Gasteiger partial charge in [0, 0.05) is 5.69 Å². The second kappa shape index (κ2) is 6.00. The van der Waals surface area contributed by atoms with Gasteiger partial charge in [-0.25, -0.2) is 9.78 Å². The Morgan fingerprint density at radius 2 is 2.17 bits per heavy atom. The molecule has 1 atom stereocenters. The van der Waals surface area contributed by atoms with Gasteiger partial charge in [-0.2, -0.15) is 0 Å². The zero-order chi connectivity index (χ0) is 13.8. The molecule has 102 valence electrons. The molecule has 1 aromatic heterocycles. The van der Waals surface area contributed by atoms with Crippen LogP contribution >= 0.6 is 0 Å². The second-order valence-electron chi connectivity index (χ2n) is 4.63. The van der Waals surface area contributed by atoms with Crippen molar-refractivity contribution < 1.29 is 9.53 Å². The predicted octanol–water partition coefficient (Wildman–Crippen LogP) is 1.43. The number of imidazole rings is 1. The van der Waals surface area contributed by atoms with Gasteiger partial charge in [0.15, 0.2) is 0 Å². The van der Waals surface area contributed by atoms with Gasteiger partial charge in [-0.1, -0.05) is 6.92 Å². The van der Waals surface area contributed by atoms with Gasteiger partial charge in [-0.05, 0) is 34.2 Å². The molecule has 0 aliphatic heterocycles. The van der Waals surface area contributed by atoms with Crippen LogP contribution in [0.2, 0.25) is 0 Å². The molecular weight excluding hydrogens is 230 g/mol. The van der Waals surface area contributed by atoms with Crippen molar-refractivity contribution in [1.29, 1.82) is 0 Å². The first-order chi connectivity index (χ1) is 8.44. The van der Waals surface area contributed by atoms with Gasteiger partial charge in [0.2, 0.25) is 0 Å². The van der Waals surface area contributed by atoms with Crippen LogP contribution < -0.4 is 5.32 Å². The van der Waals surface area contributed by atoms with E-state index in [4.69, 9.17) is 4.74 Å². The average Bonchev–Trinajstić information content (AvgIpc) is 2.61. The molecule has 1 unspecified atom stereocenters. The average molecular weight is 253 g/mol. The molecule has 0 aliphatic rings. The number of aryl methyl sites for hydroxylation is 1. The number of esters is 1. The summed E-state index contributed by atoms with van der Waals surface area (Å²) in [7, 11) is 0. The van der Waals surface area contributed by atoms with E-state index in [1.54, 1.807) is 6.33 Å². The van der Waals surface area contributed by atoms with Gasteiger partial charge in [0.25, 0.3) is 0 Å². The molecule has 0 bridgehead atoms. The van der Waals surface area contributed by atoms with Crippen molar-refractivity contribution in [1.82, 2.24) is 14.9 Å². The number of aromatic nitrogens is 2. The van der Waals surface area contributed by atoms with Crippen LogP contribution in [0, 0.1) is 13.8 Å². The molecule has 5 nitrogen and oxygen atoms in total. The molecule has 0 amide bonds. The number of hydrogen-bond acceptors (Lipinski definition) is 4. The minimum atomic E-state index is -0.720. The van der Waals surface area contributed by atoms with Gasteiger partial charge in [-0.15, -0.1) is 0 Å². The van der Waals surface area contributed by atoms with E-state index in [1.807, 2.05) is 39.2 Å². The fraction of sp³-hybridized carbons (Fsp3) is 0.692. The van der Waals surface area contributed by atoms with E-state index in [0.717, 1.165) is 11.4 Å². The number of hydrogen-bond donors (Lipinski definition) is 1. The maximum atomic E-state index is 12.1. The van der Waals surface area contributed by atoms with Crippen LogP contribution in [0.5, 0.6) is 0 Å². The smallest absolute Gasteiger partial charge is 0.327 e. The number of rotatable bonds is 6. The quantitative estimate of drug-likeness (QED) is 0.779. The summed E-state index contributed by atoms with van der Waals surface area (Å²) in [4.78, 5) is 16.3. The first-order valence-electron chi connectivity index (χ1n) is 6.35. The highest BCUT2D eigenvalue weighted by molar-refractivity contribution is 5.80. The summed E-state index contributed by atoms with van der Waals surface area (Å²) in [6.45, 7) is 11.2. The van der Waals surface area contributed by atoms with Gasteiger partial charge >= 0.3 is 5.97 Å². The lowest BCUT2D eigenvalue weighted by atomic mass is 10.0. The van der Waals surface area contributed by atoms with Gasteiger partial charge in [-0.3, -0.25) is 0 Å². The zero-order valence-electron chi connectivity index (χ0n) is 11.9. The molecule has 18 heavy (non-hydrogen) atoms. The van der Waals surface area contributed by atoms with Gasteiger partial charge < -0.3 is 14.6 Å². The third-order valence-electron chi connectivity index (χ3n) is 3.12. The summed E-state index contributed by atoms with van der Waals surface area (Å²) in [5, 5.41) is 3.21. The molecule has 0 aromatic carbocycles. The molecule has 0 fully saturated rings. The van der Waals surface area contributed by atoms with Crippen LogP contribution in [0.15, 0.2) is 6.33 Å². The highest BCUT2D eigenvalue weighted by Gasteiger charge is 2.34. The summed E-state index contributed by atoms with van der Waals surface area (Å²) in [6.07, 6.45) is 1.76. The van der Waals surface area contributed by atoms with E-state index in [0.29, 0.717) is 19.7 Å². The number of nitrogens with zero attached hydrogens (tertiary/aromatic N) is 2. The third-order valence-corrected chi connectivity index (χ3v) is 3.12. The van der Waals surface area contributed by atoms with E-state index < -0.39 is 5.54 Å². The number of nitrogens with one attached hydrogen (secondary N) is 1. The predicted molar refractivity (Wildman–Crippen MR) is 70.4 cm³/mol. The summed E-state index contributed by atoms with van der Waals surface area (Å²) in [5.74, 6) is -0.224. The summed E-state index contributed by atoms with van der Waals surface area (Å²) < 4.78 is 7.12. The molecule has 5 heteroatoms. The Labute approximate surface area is 109 Å². The molecule has 0 aliphatic carbocycles.